The average molecular weight is 387 g/mol. The molecule has 3 heteroatoms. The SMILES string of the molecule is Cc1c2c(c(-c3ccccc3)c(-c3ccccc3)c1-c1ccccc1)C(=N)N=C2N. The first-order chi connectivity index (χ1) is 14.7. The maximum atomic E-state index is 8.61. The molecule has 0 bridgehead atoms. The maximum Gasteiger partial charge on any atom is 0.155 e. The zero-order chi connectivity index (χ0) is 20.7. The molecule has 1 heterocycles. The van der Waals surface area contributed by atoms with Crippen LogP contribution in [0.15, 0.2) is 96.0 Å². The van der Waals surface area contributed by atoms with E-state index in [1.165, 1.54) is 0 Å². The topological polar surface area (TPSA) is 62.2 Å². The summed E-state index contributed by atoms with van der Waals surface area (Å²) >= 11 is 0. The van der Waals surface area contributed by atoms with E-state index in [0.29, 0.717) is 5.84 Å². The van der Waals surface area contributed by atoms with Crippen LogP contribution in [0.2, 0.25) is 0 Å². The number of nitrogens with zero attached hydrogens (tertiary/aromatic N) is 1. The van der Waals surface area contributed by atoms with Gasteiger partial charge in [-0.25, -0.2) is 4.99 Å². The molecule has 0 aliphatic carbocycles. The van der Waals surface area contributed by atoms with E-state index in [1.54, 1.807) is 0 Å². The second-order valence-corrected chi connectivity index (χ2v) is 7.44. The molecule has 0 amide bonds. The van der Waals surface area contributed by atoms with Gasteiger partial charge in [0.2, 0.25) is 0 Å². The van der Waals surface area contributed by atoms with Crippen molar-refractivity contribution in [3.05, 3.63) is 108 Å². The molecule has 5 rings (SSSR count). The lowest BCUT2D eigenvalue weighted by Crippen LogP contribution is -2.14. The van der Waals surface area contributed by atoms with Gasteiger partial charge in [0.25, 0.3) is 0 Å². The van der Waals surface area contributed by atoms with Crippen molar-refractivity contribution >= 4 is 11.7 Å². The molecule has 1 aliphatic rings. The number of benzene rings is 4. The van der Waals surface area contributed by atoms with Crippen molar-refractivity contribution in [1.82, 2.24) is 0 Å². The van der Waals surface area contributed by atoms with Crippen LogP contribution < -0.4 is 5.73 Å². The molecule has 0 saturated carbocycles. The number of fused-ring (bicyclic) bond motifs is 1. The molecular weight excluding hydrogens is 366 g/mol. The smallest absolute Gasteiger partial charge is 0.155 e. The minimum Gasteiger partial charge on any atom is -0.383 e. The highest BCUT2D eigenvalue weighted by atomic mass is 14.9. The van der Waals surface area contributed by atoms with Crippen molar-refractivity contribution in [3.63, 3.8) is 0 Å². The van der Waals surface area contributed by atoms with Gasteiger partial charge < -0.3 is 5.73 Å². The first kappa shape index (κ1) is 18.1. The van der Waals surface area contributed by atoms with Gasteiger partial charge in [0.15, 0.2) is 5.84 Å². The highest BCUT2D eigenvalue weighted by Gasteiger charge is 2.31. The Morgan fingerprint density at radius 2 is 0.967 bits per heavy atom. The van der Waals surface area contributed by atoms with Crippen LogP contribution in [0.3, 0.4) is 0 Å². The lowest BCUT2D eigenvalue weighted by Gasteiger charge is -2.23. The van der Waals surface area contributed by atoms with Gasteiger partial charge >= 0.3 is 0 Å². The molecule has 3 nitrogen and oxygen atoms in total. The van der Waals surface area contributed by atoms with Crippen molar-refractivity contribution in [2.45, 2.75) is 6.92 Å². The van der Waals surface area contributed by atoms with Crippen LogP contribution in [0.4, 0.5) is 0 Å². The third kappa shape index (κ3) is 2.75. The van der Waals surface area contributed by atoms with Crippen molar-refractivity contribution in [1.29, 1.82) is 5.41 Å². The molecule has 3 N–H and O–H groups in total. The van der Waals surface area contributed by atoms with Crippen molar-refractivity contribution < 1.29 is 0 Å². The summed E-state index contributed by atoms with van der Waals surface area (Å²) < 4.78 is 0. The van der Waals surface area contributed by atoms with Crippen molar-refractivity contribution in [2.75, 3.05) is 0 Å². The molecule has 0 saturated heterocycles. The van der Waals surface area contributed by atoms with Gasteiger partial charge in [0.05, 0.1) is 0 Å². The molecule has 0 radical (unpaired) electrons. The third-order valence-electron chi connectivity index (χ3n) is 5.66. The predicted molar refractivity (Wildman–Crippen MR) is 125 cm³/mol. The molecule has 1 aliphatic heterocycles. The molecule has 0 fully saturated rings. The van der Waals surface area contributed by atoms with Crippen LogP contribution in [0.5, 0.6) is 0 Å². The summed E-state index contributed by atoms with van der Waals surface area (Å²) in [5.41, 5.74) is 15.6. The van der Waals surface area contributed by atoms with E-state index in [2.05, 4.69) is 72.6 Å². The minimum atomic E-state index is 0.223. The summed E-state index contributed by atoms with van der Waals surface area (Å²) in [6.07, 6.45) is 0. The molecular formula is C27H21N3. The summed E-state index contributed by atoms with van der Waals surface area (Å²) in [4.78, 5) is 4.35. The lowest BCUT2D eigenvalue weighted by atomic mass is 9.79. The molecule has 0 spiro atoms. The number of rotatable bonds is 3. The van der Waals surface area contributed by atoms with E-state index in [-0.39, 0.29) is 5.84 Å². The van der Waals surface area contributed by atoms with Gasteiger partial charge in [-0.1, -0.05) is 91.0 Å². The average Bonchev–Trinajstić information content (AvgIpc) is 3.09. The summed E-state index contributed by atoms with van der Waals surface area (Å²) in [5.74, 6) is 0.641. The van der Waals surface area contributed by atoms with E-state index in [1.807, 2.05) is 30.3 Å². The second-order valence-electron chi connectivity index (χ2n) is 7.44. The minimum absolute atomic E-state index is 0.223. The first-order valence-electron chi connectivity index (χ1n) is 9.97. The maximum absolute atomic E-state index is 8.61. The molecule has 30 heavy (non-hydrogen) atoms. The van der Waals surface area contributed by atoms with Gasteiger partial charge in [0.1, 0.15) is 5.84 Å². The Kier molecular flexibility index (Phi) is 4.29. The van der Waals surface area contributed by atoms with E-state index in [4.69, 9.17) is 11.1 Å². The normalized spacial score (nSPS) is 12.6. The Balaban J connectivity index is 2.01. The number of aliphatic imine (C=N–C) groups is 1. The van der Waals surface area contributed by atoms with E-state index < -0.39 is 0 Å². The number of hydrogen-bond acceptors (Lipinski definition) is 2. The molecule has 0 aromatic heterocycles. The fourth-order valence-electron chi connectivity index (χ4n) is 4.42. The molecule has 0 unspecified atom stereocenters. The Bertz CT molecular complexity index is 1290. The number of amidine groups is 2. The van der Waals surface area contributed by atoms with E-state index >= 15 is 0 Å². The number of hydrogen-bond donors (Lipinski definition) is 2. The monoisotopic (exact) mass is 387 g/mol. The van der Waals surface area contributed by atoms with Crippen molar-refractivity contribution in [3.8, 4) is 33.4 Å². The van der Waals surface area contributed by atoms with Crippen LogP contribution in [0.25, 0.3) is 33.4 Å². The van der Waals surface area contributed by atoms with Crippen LogP contribution in [0.1, 0.15) is 16.7 Å². The Morgan fingerprint density at radius 1 is 0.567 bits per heavy atom. The summed E-state index contributed by atoms with van der Waals surface area (Å²) in [6, 6.07) is 31.0. The van der Waals surface area contributed by atoms with Gasteiger partial charge in [-0.2, -0.15) is 0 Å². The molecule has 144 valence electrons. The lowest BCUT2D eigenvalue weighted by molar-refractivity contribution is 1.40. The van der Waals surface area contributed by atoms with Crippen molar-refractivity contribution in [2.24, 2.45) is 10.7 Å². The van der Waals surface area contributed by atoms with Crippen LogP contribution in [-0.2, 0) is 0 Å². The summed E-state index contributed by atoms with van der Waals surface area (Å²) in [5, 5.41) is 8.61. The van der Waals surface area contributed by atoms with Crippen LogP contribution in [0, 0.1) is 12.3 Å². The highest BCUT2D eigenvalue weighted by molar-refractivity contribution is 6.26. The zero-order valence-electron chi connectivity index (χ0n) is 16.7. The van der Waals surface area contributed by atoms with Gasteiger partial charge in [0, 0.05) is 16.7 Å². The Labute approximate surface area is 176 Å². The first-order valence-corrected chi connectivity index (χ1v) is 9.97. The van der Waals surface area contributed by atoms with E-state index in [9.17, 15) is 0 Å². The molecule has 4 aromatic rings. The highest BCUT2D eigenvalue weighted by Crippen LogP contribution is 2.47. The summed E-state index contributed by atoms with van der Waals surface area (Å²) in [6.45, 7) is 2.09. The summed E-state index contributed by atoms with van der Waals surface area (Å²) in [7, 11) is 0. The third-order valence-corrected chi connectivity index (χ3v) is 5.66. The molecule has 0 atom stereocenters. The quantitative estimate of drug-likeness (QED) is 0.442. The van der Waals surface area contributed by atoms with E-state index in [0.717, 1.165) is 50.1 Å². The van der Waals surface area contributed by atoms with Gasteiger partial charge in [-0.05, 0) is 40.3 Å². The zero-order valence-corrected chi connectivity index (χ0v) is 16.7. The predicted octanol–water partition coefficient (Wildman–Crippen LogP) is 6.04. The largest absolute Gasteiger partial charge is 0.383 e. The Hall–Kier alpha value is -3.98. The van der Waals surface area contributed by atoms with Crippen LogP contribution >= 0.6 is 0 Å². The fraction of sp³-hybridized carbons (Fsp3) is 0.0370. The molecule has 4 aromatic carbocycles. The Morgan fingerprint density at radius 3 is 1.43 bits per heavy atom. The van der Waals surface area contributed by atoms with Gasteiger partial charge in [-0.3, -0.25) is 5.41 Å². The number of nitrogens with two attached hydrogens (primary N) is 1. The number of nitrogens with one attached hydrogen (secondary N) is 1. The van der Waals surface area contributed by atoms with Gasteiger partial charge in [-0.15, -0.1) is 0 Å². The standard InChI is InChI=1S/C27H21N3/c1-17-21(18-11-5-2-6-12-18)23(19-13-7-3-8-14-19)24(20-15-9-4-10-16-20)25-22(17)26(28)30-27(25)29/h2-16H,1H3,(H3,28,29,30). The van der Waals surface area contributed by atoms with Crippen LogP contribution in [-0.4, -0.2) is 11.7 Å². The fourth-order valence-corrected chi connectivity index (χ4v) is 4.42. The second kappa shape index (κ2) is 7.12.